The summed E-state index contributed by atoms with van der Waals surface area (Å²) in [5.74, 6) is 1.01. The Morgan fingerprint density at radius 3 is 2.47 bits per heavy atom. The van der Waals surface area contributed by atoms with Crippen LogP contribution in [0.2, 0.25) is 0 Å². The monoisotopic (exact) mass is 320 g/mol. The van der Waals surface area contributed by atoms with Gasteiger partial charge >= 0.3 is 0 Å². The van der Waals surface area contributed by atoms with Crippen LogP contribution in [0.3, 0.4) is 0 Å². The number of halogens is 1. The molecule has 0 amide bonds. The summed E-state index contributed by atoms with van der Waals surface area (Å²) in [4.78, 5) is 4.84. The number of rotatable bonds is 2. The zero-order valence-electron chi connectivity index (χ0n) is 12.3. The third-order valence-corrected chi connectivity index (χ3v) is 3.68. The van der Waals surface area contributed by atoms with Crippen LogP contribution in [0.5, 0.6) is 0 Å². The molecule has 2 nitrogen and oxygen atoms in total. The second kappa shape index (κ2) is 5.12. The number of anilines is 1. The molecule has 0 spiro atoms. The van der Waals surface area contributed by atoms with Gasteiger partial charge in [0.05, 0.1) is 5.52 Å². The van der Waals surface area contributed by atoms with E-state index in [1.54, 1.807) is 0 Å². The molecule has 0 saturated heterocycles. The number of aryl methyl sites for hydroxylation is 1. The van der Waals surface area contributed by atoms with E-state index in [9.17, 15) is 0 Å². The summed E-state index contributed by atoms with van der Waals surface area (Å²) in [5.41, 5.74) is 3.62. The minimum absolute atomic E-state index is 0.0783. The fourth-order valence-electron chi connectivity index (χ4n) is 2.29. The molecule has 0 aliphatic carbocycles. The molecule has 0 atom stereocenters. The van der Waals surface area contributed by atoms with Gasteiger partial charge in [0.15, 0.2) is 0 Å². The molecule has 19 heavy (non-hydrogen) atoms. The van der Waals surface area contributed by atoms with E-state index in [-0.39, 0.29) is 5.41 Å². The first-order valence-electron chi connectivity index (χ1n) is 6.68. The average Bonchev–Trinajstić information content (AvgIpc) is 2.28. The lowest BCUT2D eigenvalue weighted by molar-refractivity contribution is 0.590. The standard InChI is InChI=1S/C16H21BrN2/c1-6-18-15-13(16(3,4)5)9-11-8-12(17)7-10(2)14(11)19-15/h7-9H,6H2,1-5H3,(H,18,19). The van der Waals surface area contributed by atoms with Crippen LogP contribution in [-0.2, 0) is 5.41 Å². The van der Waals surface area contributed by atoms with Gasteiger partial charge in [0.1, 0.15) is 5.82 Å². The highest BCUT2D eigenvalue weighted by Crippen LogP contribution is 2.33. The fourth-order valence-corrected chi connectivity index (χ4v) is 2.88. The maximum Gasteiger partial charge on any atom is 0.130 e. The van der Waals surface area contributed by atoms with E-state index in [2.05, 4.69) is 74.1 Å². The van der Waals surface area contributed by atoms with Crippen molar-refractivity contribution < 1.29 is 0 Å². The summed E-state index contributed by atoms with van der Waals surface area (Å²) in [5, 5.41) is 4.59. The Morgan fingerprint density at radius 1 is 1.21 bits per heavy atom. The van der Waals surface area contributed by atoms with E-state index in [4.69, 9.17) is 4.98 Å². The van der Waals surface area contributed by atoms with Crippen molar-refractivity contribution in [3.05, 3.63) is 33.8 Å². The van der Waals surface area contributed by atoms with Crippen molar-refractivity contribution >= 4 is 32.7 Å². The van der Waals surface area contributed by atoms with Gasteiger partial charge in [0, 0.05) is 22.0 Å². The maximum absolute atomic E-state index is 4.84. The number of hydrogen-bond acceptors (Lipinski definition) is 2. The largest absolute Gasteiger partial charge is 0.370 e. The highest BCUT2D eigenvalue weighted by atomic mass is 79.9. The number of fused-ring (bicyclic) bond motifs is 1. The molecule has 1 aromatic carbocycles. The molecule has 0 fully saturated rings. The predicted octanol–water partition coefficient (Wildman–Crippen LogP) is 5.04. The Hall–Kier alpha value is -1.09. The number of benzene rings is 1. The van der Waals surface area contributed by atoms with E-state index < -0.39 is 0 Å². The molecule has 2 rings (SSSR count). The summed E-state index contributed by atoms with van der Waals surface area (Å²) < 4.78 is 1.11. The third-order valence-electron chi connectivity index (χ3n) is 3.23. The van der Waals surface area contributed by atoms with Crippen molar-refractivity contribution in [2.75, 3.05) is 11.9 Å². The van der Waals surface area contributed by atoms with Crippen LogP contribution in [0.1, 0.15) is 38.8 Å². The zero-order valence-corrected chi connectivity index (χ0v) is 13.9. The first-order valence-corrected chi connectivity index (χ1v) is 7.47. The SMILES string of the molecule is CCNc1nc2c(C)cc(Br)cc2cc1C(C)(C)C. The predicted molar refractivity (Wildman–Crippen MR) is 87.0 cm³/mol. The van der Waals surface area contributed by atoms with Gasteiger partial charge in [-0.05, 0) is 43.0 Å². The molecule has 0 unspecified atom stereocenters. The van der Waals surface area contributed by atoms with Crippen molar-refractivity contribution in [1.82, 2.24) is 4.98 Å². The number of aromatic nitrogens is 1. The van der Waals surface area contributed by atoms with Crippen LogP contribution in [-0.4, -0.2) is 11.5 Å². The molecule has 0 saturated carbocycles. The highest BCUT2D eigenvalue weighted by Gasteiger charge is 2.20. The van der Waals surface area contributed by atoms with Crippen LogP contribution >= 0.6 is 15.9 Å². The topological polar surface area (TPSA) is 24.9 Å². The number of pyridine rings is 1. The summed E-state index contributed by atoms with van der Waals surface area (Å²) >= 11 is 3.56. The quantitative estimate of drug-likeness (QED) is 0.838. The summed E-state index contributed by atoms with van der Waals surface area (Å²) in [7, 11) is 0. The molecule has 1 aromatic heterocycles. The first kappa shape index (κ1) is 14.3. The van der Waals surface area contributed by atoms with Crippen molar-refractivity contribution in [3.63, 3.8) is 0 Å². The molecule has 0 radical (unpaired) electrons. The number of nitrogens with one attached hydrogen (secondary N) is 1. The van der Waals surface area contributed by atoms with Crippen molar-refractivity contribution in [2.45, 2.75) is 40.0 Å². The molecule has 3 heteroatoms. The Kier molecular flexibility index (Phi) is 3.86. The van der Waals surface area contributed by atoms with Gasteiger partial charge in [-0.1, -0.05) is 36.7 Å². The Labute approximate surface area is 123 Å². The number of hydrogen-bond donors (Lipinski definition) is 1. The first-order chi connectivity index (χ1) is 8.82. The molecule has 0 aliphatic heterocycles. The second-order valence-corrected chi connectivity index (χ2v) is 6.87. The van der Waals surface area contributed by atoms with E-state index >= 15 is 0 Å². The Bertz CT molecular complexity index is 612. The molecule has 2 aromatic rings. The lowest BCUT2D eigenvalue weighted by atomic mass is 9.86. The van der Waals surface area contributed by atoms with Crippen LogP contribution < -0.4 is 5.32 Å². The summed E-state index contributed by atoms with van der Waals surface area (Å²) in [6.07, 6.45) is 0. The Balaban J connectivity index is 2.76. The van der Waals surface area contributed by atoms with Gasteiger partial charge in [0.2, 0.25) is 0 Å². The van der Waals surface area contributed by atoms with Gasteiger partial charge in [-0.3, -0.25) is 0 Å². The molecular formula is C16H21BrN2. The molecular weight excluding hydrogens is 300 g/mol. The van der Waals surface area contributed by atoms with Gasteiger partial charge in [-0.25, -0.2) is 4.98 Å². The van der Waals surface area contributed by atoms with Gasteiger partial charge < -0.3 is 5.32 Å². The lowest BCUT2D eigenvalue weighted by Gasteiger charge is -2.23. The van der Waals surface area contributed by atoms with Crippen molar-refractivity contribution in [2.24, 2.45) is 0 Å². The van der Waals surface area contributed by atoms with Crippen molar-refractivity contribution in [1.29, 1.82) is 0 Å². The zero-order chi connectivity index (χ0) is 14.2. The Morgan fingerprint density at radius 2 is 1.89 bits per heavy atom. The second-order valence-electron chi connectivity index (χ2n) is 5.96. The fraction of sp³-hybridized carbons (Fsp3) is 0.438. The van der Waals surface area contributed by atoms with Gasteiger partial charge in [-0.15, -0.1) is 0 Å². The van der Waals surface area contributed by atoms with E-state index in [1.807, 2.05) is 0 Å². The third kappa shape index (κ3) is 2.92. The number of nitrogens with zero attached hydrogens (tertiary/aromatic N) is 1. The van der Waals surface area contributed by atoms with Gasteiger partial charge in [-0.2, -0.15) is 0 Å². The lowest BCUT2D eigenvalue weighted by Crippen LogP contribution is -2.16. The van der Waals surface area contributed by atoms with E-state index in [1.165, 1.54) is 16.5 Å². The molecule has 1 heterocycles. The normalized spacial score (nSPS) is 11.9. The minimum atomic E-state index is 0.0783. The molecule has 1 N–H and O–H groups in total. The van der Waals surface area contributed by atoms with E-state index in [0.717, 1.165) is 22.4 Å². The van der Waals surface area contributed by atoms with Crippen LogP contribution in [0, 0.1) is 6.92 Å². The van der Waals surface area contributed by atoms with Crippen molar-refractivity contribution in [3.8, 4) is 0 Å². The van der Waals surface area contributed by atoms with Crippen LogP contribution in [0.4, 0.5) is 5.82 Å². The molecule has 102 valence electrons. The van der Waals surface area contributed by atoms with Crippen LogP contribution in [0.25, 0.3) is 10.9 Å². The summed E-state index contributed by atoms with van der Waals surface area (Å²) in [6, 6.07) is 6.51. The van der Waals surface area contributed by atoms with Gasteiger partial charge in [0.25, 0.3) is 0 Å². The van der Waals surface area contributed by atoms with E-state index in [0.29, 0.717) is 0 Å². The van der Waals surface area contributed by atoms with Crippen LogP contribution in [0.15, 0.2) is 22.7 Å². The average molecular weight is 321 g/mol. The molecule has 0 bridgehead atoms. The highest BCUT2D eigenvalue weighted by molar-refractivity contribution is 9.10. The summed E-state index contributed by atoms with van der Waals surface area (Å²) in [6.45, 7) is 11.8. The smallest absolute Gasteiger partial charge is 0.130 e. The minimum Gasteiger partial charge on any atom is -0.370 e. The maximum atomic E-state index is 4.84. The molecule has 0 aliphatic rings.